The Morgan fingerprint density at radius 1 is 1.18 bits per heavy atom. The average molecular weight is 490 g/mol. The SMILES string of the molecule is C=CCN(C)C(=O)[C@@H]1[C@@H]2CCC3(S2)C(C(=O)N(CC=C)C2CCCCC2)N([C@H](C)CO)C(=O)[C@H]13. The average Bonchev–Trinajstić information content (AvgIpc) is 3.49. The van der Waals surface area contributed by atoms with E-state index < -0.39 is 28.7 Å². The van der Waals surface area contributed by atoms with E-state index in [9.17, 15) is 19.5 Å². The smallest absolute Gasteiger partial charge is 0.247 e. The molecule has 3 aliphatic heterocycles. The lowest BCUT2D eigenvalue weighted by atomic mass is 9.70. The number of aliphatic hydroxyl groups excluding tert-OH is 1. The van der Waals surface area contributed by atoms with Gasteiger partial charge < -0.3 is 19.8 Å². The number of thioether (sulfide) groups is 1. The molecule has 188 valence electrons. The third-order valence-electron chi connectivity index (χ3n) is 8.40. The molecule has 0 radical (unpaired) electrons. The molecule has 6 atom stereocenters. The van der Waals surface area contributed by atoms with Crippen LogP contribution in [0.5, 0.6) is 0 Å². The van der Waals surface area contributed by atoms with Gasteiger partial charge in [-0.1, -0.05) is 31.4 Å². The minimum absolute atomic E-state index is 0.0383. The van der Waals surface area contributed by atoms with Gasteiger partial charge >= 0.3 is 0 Å². The van der Waals surface area contributed by atoms with Crippen molar-refractivity contribution < 1.29 is 19.5 Å². The van der Waals surface area contributed by atoms with Crippen molar-refractivity contribution in [2.24, 2.45) is 11.8 Å². The molecule has 4 aliphatic rings. The monoisotopic (exact) mass is 489 g/mol. The zero-order chi connectivity index (χ0) is 24.6. The van der Waals surface area contributed by atoms with Gasteiger partial charge in [0.1, 0.15) is 6.04 Å². The zero-order valence-electron chi connectivity index (χ0n) is 20.5. The minimum Gasteiger partial charge on any atom is -0.394 e. The number of carbonyl (C=O) groups is 3. The van der Waals surface area contributed by atoms with Crippen molar-refractivity contribution in [3.05, 3.63) is 25.3 Å². The molecule has 7 nitrogen and oxygen atoms in total. The first-order valence-electron chi connectivity index (χ1n) is 12.7. The molecule has 1 N–H and O–H groups in total. The lowest BCUT2D eigenvalue weighted by Gasteiger charge is -2.42. The summed E-state index contributed by atoms with van der Waals surface area (Å²) in [7, 11) is 1.75. The van der Waals surface area contributed by atoms with Crippen molar-refractivity contribution in [1.82, 2.24) is 14.7 Å². The van der Waals surface area contributed by atoms with Crippen molar-refractivity contribution in [1.29, 1.82) is 0 Å². The Balaban J connectivity index is 1.73. The molecule has 4 rings (SSSR count). The van der Waals surface area contributed by atoms with E-state index in [0.29, 0.717) is 13.1 Å². The van der Waals surface area contributed by atoms with Crippen LogP contribution in [0, 0.1) is 11.8 Å². The van der Waals surface area contributed by atoms with E-state index in [0.717, 1.165) is 38.5 Å². The van der Waals surface area contributed by atoms with Crippen LogP contribution >= 0.6 is 11.8 Å². The second-order valence-corrected chi connectivity index (χ2v) is 12.0. The number of rotatable bonds is 9. The molecule has 1 spiro atoms. The van der Waals surface area contributed by atoms with E-state index in [-0.39, 0.29) is 35.6 Å². The Morgan fingerprint density at radius 3 is 2.47 bits per heavy atom. The topological polar surface area (TPSA) is 81.2 Å². The van der Waals surface area contributed by atoms with Crippen LogP contribution in [0.4, 0.5) is 0 Å². The van der Waals surface area contributed by atoms with Crippen LogP contribution in [0.1, 0.15) is 51.9 Å². The maximum atomic E-state index is 14.3. The molecular weight excluding hydrogens is 450 g/mol. The van der Waals surface area contributed by atoms with Crippen molar-refractivity contribution in [3.8, 4) is 0 Å². The first-order valence-corrected chi connectivity index (χ1v) is 13.6. The highest BCUT2D eigenvalue weighted by molar-refractivity contribution is 8.02. The summed E-state index contributed by atoms with van der Waals surface area (Å²) in [6, 6.07) is -0.998. The molecule has 2 unspecified atom stereocenters. The van der Waals surface area contributed by atoms with Crippen LogP contribution in [-0.4, -0.2) is 92.4 Å². The van der Waals surface area contributed by atoms with Crippen LogP contribution in [0.3, 0.4) is 0 Å². The summed E-state index contributed by atoms with van der Waals surface area (Å²) in [5.74, 6) is -1.20. The van der Waals surface area contributed by atoms with Crippen LogP contribution in [-0.2, 0) is 14.4 Å². The molecule has 0 aromatic heterocycles. The highest BCUT2D eigenvalue weighted by Crippen LogP contribution is 2.67. The predicted octanol–water partition coefficient (Wildman–Crippen LogP) is 2.45. The van der Waals surface area contributed by atoms with Gasteiger partial charge in [-0.15, -0.1) is 24.9 Å². The molecule has 0 aromatic rings. The van der Waals surface area contributed by atoms with Crippen molar-refractivity contribution in [2.75, 3.05) is 26.7 Å². The fraction of sp³-hybridized carbons (Fsp3) is 0.731. The number of amides is 3. The van der Waals surface area contributed by atoms with E-state index in [1.54, 1.807) is 47.7 Å². The lowest BCUT2D eigenvalue weighted by Crippen LogP contribution is -2.59. The van der Waals surface area contributed by atoms with E-state index in [4.69, 9.17) is 0 Å². The molecule has 34 heavy (non-hydrogen) atoms. The minimum atomic E-state index is -0.661. The Morgan fingerprint density at radius 2 is 1.85 bits per heavy atom. The van der Waals surface area contributed by atoms with E-state index in [2.05, 4.69) is 13.2 Å². The number of hydrogen-bond acceptors (Lipinski definition) is 5. The second-order valence-electron chi connectivity index (χ2n) is 10.4. The molecule has 8 heteroatoms. The molecule has 1 aliphatic carbocycles. The van der Waals surface area contributed by atoms with Gasteiger partial charge in [-0.05, 0) is 32.6 Å². The Bertz CT molecular complexity index is 844. The van der Waals surface area contributed by atoms with E-state index in [1.807, 2.05) is 4.90 Å². The molecule has 4 fully saturated rings. The summed E-state index contributed by atoms with van der Waals surface area (Å²) >= 11 is 1.68. The quantitative estimate of drug-likeness (QED) is 0.503. The van der Waals surface area contributed by atoms with E-state index in [1.165, 1.54) is 6.42 Å². The first kappa shape index (κ1) is 25.3. The normalized spacial score (nSPS) is 33.5. The molecule has 3 amide bonds. The van der Waals surface area contributed by atoms with Gasteiger partial charge in [-0.2, -0.15) is 0 Å². The largest absolute Gasteiger partial charge is 0.394 e. The fourth-order valence-electron chi connectivity index (χ4n) is 6.86. The van der Waals surface area contributed by atoms with Crippen molar-refractivity contribution in [3.63, 3.8) is 0 Å². The van der Waals surface area contributed by atoms with Gasteiger partial charge in [0.25, 0.3) is 0 Å². The van der Waals surface area contributed by atoms with Gasteiger partial charge in [0, 0.05) is 31.4 Å². The molecule has 0 aromatic carbocycles. The molecular formula is C26H39N3O4S. The van der Waals surface area contributed by atoms with Crippen molar-refractivity contribution >= 4 is 29.5 Å². The standard InChI is InChI=1S/C26H39N3O4S/c1-5-14-27(4)23(31)20-19-12-13-26(34-19)21(20)24(32)29(17(3)16-30)22(26)25(33)28(15-6-2)18-10-8-7-9-11-18/h5-6,17-22,30H,1-2,7-16H2,3-4H3/t17-,19+,20-,21+,22?,26?/m1/s1. The third-order valence-corrected chi connectivity index (χ3v) is 10.4. The predicted molar refractivity (Wildman–Crippen MR) is 134 cm³/mol. The number of hydrogen-bond donors (Lipinski definition) is 1. The fourth-order valence-corrected chi connectivity index (χ4v) is 9.05. The number of nitrogens with zero attached hydrogens (tertiary/aromatic N) is 3. The Hall–Kier alpha value is -1.80. The lowest BCUT2D eigenvalue weighted by molar-refractivity contribution is -0.147. The highest BCUT2D eigenvalue weighted by atomic mass is 32.2. The number of carbonyl (C=O) groups excluding carboxylic acids is 3. The Kier molecular flexibility index (Phi) is 7.48. The summed E-state index contributed by atoms with van der Waals surface area (Å²) in [6.45, 7) is 10.1. The van der Waals surface area contributed by atoms with Crippen LogP contribution in [0.2, 0.25) is 0 Å². The Labute approximate surface area is 207 Å². The summed E-state index contributed by atoms with van der Waals surface area (Å²) in [5, 5.41) is 10.1. The maximum Gasteiger partial charge on any atom is 0.247 e. The van der Waals surface area contributed by atoms with Crippen molar-refractivity contribution in [2.45, 2.75) is 80.0 Å². The van der Waals surface area contributed by atoms with E-state index >= 15 is 0 Å². The molecule has 1 saturated carbocycles. The van der Waals surface area contributed by atoms with Gasteiger partial charge in [-0.3, -0.25) is 14.4 Å². The number of likely N-dealkylation sites (tertiary alicyclic amines) is 1. The molecule has 2 bridgehead atoms. The van der Waals surface area contributed by atoms with Crippen LogP contribution < -0.4 is 0 Å². The van der Waals surface area contributed by atoms with Gasteiger partial charge in [0.05, 0.1) is 29.2 Å². The summed E-state index contributed by atoms with van der Waals surface area (Å²) < 4.78 is -0.619. The molecule has 3 saturated heterocycles. The first-order chi connectivity index (χ1) is 16.3. The summed E-state index contributed by atoms with van der Waals surface area (Å²) in [6.07, 6.45) is 10.3. The second kappa shape index (κ2) is 10.1. The summed E-state index contributed by atoms with van der Waals surface area (Å²) in [4.78, 5) is 46.9. The van der Waals surface area contributed by atoms with Gasteiger partial charge in [0.15, 0.2) is 0 Å². The van der Waals surface area contributed by atoms with Gasteiger partial charge in [-0.25, -0.2) is 0 Å². The zero-order valence-corrected chi connectivity index (χ0v) is 21.3. The maximum absolute atomic E-state index is 14.3. The van der Waals surface area contributed by atoms with Crippen LogP contribution in [0.15, 0.2) is 25.3 Å². The number of aliphatic hydroxyl groups is 1. The third kappa shape index (κ3) is 3.91. The highest BCUT2D eigenvalue weighted by Gasteiger charge is 2.74. The van der Waals surface area contributed by atoms with Crippen LogP contribution in [0.25, 0.3) is 0 Å². The number of likely N-dealkylation sites (N-methyl/N-ethyl adjacent to an activating group) is 1. The molecule has 3 heterocycles. The summed E-state index contributed by atoms with van der Waals surface area (Å²) in [5.41, 5.74) is 0. The van der Waals surface area contributed by atoms with Gasteiger partial charge in [0.2, 0.25) is 17.7 Å². The number of fused-ring (bicyclic) bond motifs is 1.